The molecule has 0 bridgehead atoms. The van der Waals surface area contributed by atoms with Gasteiger partial charge in [-0.2, -0.15) is 0 Å². The van der Waals surface area contributed by atoms with Crippen molar-refractivity contribution in [3.05, 3.63) is 35.2 Å². The van der Waals surface area contributed by atoms with Gasteiger partial charge in [0.2, 0.25) is 0 Å². The van der Waals surface area contributed by atoms with Crippen LogP contribution in [0.3, 0.4) is 0 Å². The van der Waals surface area contributed by atoms with E-state index in [-0.39, 0.29) is 5.91 Å². The van der Waals surface area contributed by atoms with E-state index >= 15 is 0 Å². The van der Waals surface area contributed by atoms with Crippen molar-refractivity contribution in [1.82, 2.24) is 4.90 Å². The topological polar surface area (TPSA) is 55.6 Å². The summed E-state index contributed by atoms with van der Waals surface area (Å²) in [6.45, 7) is 7.79. The molecule has 0 atom stereocenters. The van der Waals surface area contributed by atoms with Crippen LogP contribution in [-0.2, 0) is 0 Å². The first-order valence-electron chi connectivity index (χ1n) is 7.52. The lowest BCUT2D eigenvalue weighted by Crippen LogP contribution is -2.31. The van der Waals surface area contributed by atoms with Crippen molar-refractivity contribution in [2.24, 2.45) is 0 Å². The number of nitrogen functional groups attached to an aromatic ring is 1. The van der Waals surface area contributed by atoms with Crippen LogP contribution < -0.4 is 10.5 Å². The van der Waals surface area contributed by atoms with Gasteiger partial charge < -0.3 is 15.4 Å². The number of anilines is 1. The molecule has 2 aromatic rings. The zero-order valence-electron chi connectivity index (χ0n) is 13.3. The Hall–Kier alpha value is -2.01. The monoisotopic (exact) mass is 318 g/mol. The molecule has 1 amide bonds. The molecule has 1 heterocycles. The van der Waals surface area contributed by atoms with E-state index in [1.807, 2.05) is 50.4 Å². The molecule has 0 fully saturated rings. The third-order valence-corrected chi connectivity index (χ3v) is 4.37. The van der Waals surface area contributed by atoms with Crippen molar-refractivity contribution in [2.75, 3.05) is 25.4 Å². The predicted molar refractivity (Wildman–Crippen MR) is 92.6 cm³/mol. The predicted octanol–water partition coefficient (Wildman–Crippen LogP) is 3.88. The number of benzene rings is 1. The molecule has 1 aromatic carbocycles. The average molecular weight is 318 g/mol. The van der Waals surface area contributed by atoms with Gasteiger partial charge in [0, 0.05) is 29.6 Å². The van der Waals surface area contributed by atoms with E-state index in [9.17, 15) is 4.79 Å². The SMILES string of the molecule is CCOc1ccccc1-c1csc(N)c1C(=O)N(CC)CC. The number of nitrogens with two attached hydrogens (primary N) is 1. The number of carbonyl (C=O) groups excluding carboxylic acids is 1. The van der Waals surface area contributed by atoms with Gasteiger partial charge >= 0.3 is 0 Å². The standard InChI is InChI=1S/C17H22N2O2S/c1-4-19(5-2)17(20)15-13(11-22-16(15)18)12-9-7-8-10-14(12)21-6-3/h7-11H,4-6,18H2,1-3H3. The minimum Gasteiger partial charge on any atom is -0.493 e. The second-order valence-electron chi connectivity index (χ2n) is 4.80. The van der Waals surface area contributed by atoms with Crippen LogP contribution in [0.2, 0.25) is 0 Å². The minimum atomic E-state index is -0.0231. The molecule has 5 heteroatoms. The normalized spacial score (nSPS) is 10.5. The van der Waals surface area contributed by atoms with Crippen LogP contribution in [0, 0.1) is 0 Å². The number of para-hydroxylation sites is 1. The average Bonchev–Trinajstić information content (AvgIpc) is 2.91. The number of ether oxygens (including phenoxy) is 1. The summed E-state index contributed by atoms with van der Waals surface area (Å²) >= 11 is 1.39. The maximum Gasteiger partial charge on any atom is 0.257 e. The molecule has 2 N–H and O–H groups in total. The third kappa shape index (κ3) is 3.09. The molecule has 0 aliphatic heterocycles. The summed E-state index contributed by atoms with van der Waals surface area (Å²) in [5.74, 6) is 0.751. The Labute approximate surface area is 135 Å². The van der Waals surface area contributed by atoms with Crippen LogP contribution in [0.5, 0.6) is 5.75 Å². The molecule has 0 saturated heterocycles. The van der Waals surface area contributed by atoms with E-state index in [0.717, 1.165) is 16.9 Å². The molecule has 0 spiro atoms. The summed E-state index contributed by atoms with van der Waals surface area (Å²) in [5.41, 5.74) is 8.43. The van der Waals surface area contributed by atoms with E-state index in [1.54, 1.807) is 4.90 Å². The number of hydrogen-bond donors (Lipinski definition) is 1. The maximum absolute atomic E-state index is 12.8. The van der Waals surface area contributed by atoms with Gasteiger partial charge in [-0.25, -0.2) is 0 Å². The molecule has 0 aliphatic carbocycles. The number of nitrogens with zero attached hydrogens (tertiary/aromatic N) is 1. The van der Waals surface area contributed by atoms with E-state index in [2.05, 4.69) is 0 Å². The van der Waals surface area contributed by atoms with E-state index < -0.39 is 0 Å². The first-order valence-corrected chi connectivity index (χ1v) is 8.40. The quantitative estimate of drug-likeness (QED) is 0.879. The maximum atomic E-state index is 12.8. The van der Waals surface area contributed by atoms with Crippen molar-refractivity contribution in [1.29, 1.82) is 0 Å². The molecule has 0 aliphatic rings. The summed E-state index contributed by atoms with van der Waals surface area (Å²) in [4.78, 5) is 14.5. The van der Waals surface area contributed by atoms with Gasteiger partial charge in [0.05, 0.1) is 17.2 Å². The number of carbonyl (C=O) groups is 1. The Kier molecular flexibility index (Phi) is 5.44. The van der Waals surface area contributed by atoms with Crippen LogP contribution in [0.4, 0.5) is 5.00 Å². The summed E-state index contributed by atoms with van der Waals surface area (Å²) in [7, 11) is 0. The van der Waals surface area contributed by atoms with Crippen LogP contribution in [0.15, 0.2) is 29.6 Å². The van der Waals surface area contributed by atoms with Gasteiger partial charge in [-0.05, 0) is 26.8 Å². The van der Waals surface area contributed by atoms with Crippen molar-refractivity contribution < 1.29 is 9.53 Å². The fraction of sp³-hybridized carbons (Fsp3) is 0.353. The lowest BCUT2D eigenvalue weighted by Gasteiger charge is -2.20. The molecule has 0 radical (unpaired) electrons. The molecule has 118 valence electrons. The summed E-state index contributed by atoms with van der Waals surface area (Å²) < 4.78 is 5.69. The summed E-state index contributed by atoms with van der Waals surface area (Å²) in [6.07, 6.45) is 0. The largest absolute Gasteiger partial charge is 0.493 e. The number of amides is 1. The molecular weight excluding hydrogens is 296 g/mol. The highest BCUT2D eigenvalue weighted by atomic mass is 32.1. The van der Waals surface area contributed by atoms with Gasteiger partial charge in [-0.3, -0.25) is 4.79 Å². The lowest BCUT2D eigenvalue weighted by atomic mass is 10.0. The minimum absolute atomic E-state index is 0.0231. The highest BCUT2D eigenvalue weighted by Crippen LogP contribution is 2.39. The lowest BCUT2D eigenvalue weighted by molar-refractivity contribution is 0.0775. The molecule has 2 rings (SSSR count). The molecular formula is C17H22N2O2S. The zero-order valence-corrected chi connectivity index (χ0v) is 14.1. The van der Waals surface area contributed by atoms with Gasteiger partial charge in [0.25, 0.3) is 5.91 Å². The first-order chi connectivity index (χ1) is 10.6. The van der Waals surface area contributed by atoms with Crippen LogP contribution >= 0.6 is 11.3 Å². The second kappa shape index (κ2) is 7.31. The number of hydrogen-bond acceptors (Lipinski definition) is 4. The van der Waals surface area contributed by atoms with Gasteiger partial charge in [0.1, 0.15) is 5.75 Å². The van der Waals surface area contributed by atoms with Crippen LogP contribution in [0.1, 0.15) is 31.1 Å². The van der Waals surface area contributed by atoms with Crippen molar-refractivity contribution in [2.45, 2.75) is 20.8 Å². The Balaban J connectivity index is 2.53. The summed E-state index contributed by atoms with van der Waals surface area (Å²) in [6, 6.07) is 7.75. The highest BCUT2D eigenvalue weighted by Gasteiger charge is 2.23. The van der Waals surface area contributed by atoms with Crippen molar-refractivity contribution in [3.63, 3.8) is 0 Å². The molecule has 4 nitrogen and oxygen atoms in total. The number of thiophene rings is 1. The fourth-order valence-corrected chi connectivity index (χ4v) is 3.24. The smallest absolute Gasteiger partial charge is 0.257 e. The summed E-state index contributed by atoms with van der Waals surface area (Å²) in [5, 5.41) is 2.49. The van der Waals surface area contributed by atoms with E-state index in [1.165, 1.54) is 11.3 Å². The van der Waals surface area contributed by atoms with Gasteiger partial charge in [-0.1, -0.05) is 18.2 Å². The third-order valence-electron chi connectivity index (χ3n) is 3.56. The molecule has 22 heavy (non-hydrogen) atoms. The van der Waals surface area contributed by atoms with E-state index in [4.69, 9.17) is 10.5 Å². The fourth-order valence-electron chi connectivity index (χ4n) is 2.43. The Morgan fingerprint density at radius 3 is 2.50 bits per heavy atom. The molecule has 1 aromatic heterocycles. The zero-order chi connectivity index (χ0) is 16.1. The second-order valence-corrected chi connectivity index (χ2v) is 5.71. The molecule has 0 saturated carbocycles. The number of rotatable bonds is 6. The van der Waals surface area contributed by atoms with Gasteiger partial charge in [-0.15, -0.1) is 11.3 Å². The van der Waals surface area contributed by atoms with Crippen LogP contribution in [-0.4, -0.2) is 30.5 Å². The Morgan fingerprint density at radius 2 is 1.86 bits per heavy atom. The van der Waals surface area contributed by atoms with E-state index in [0.29, 0.717) is 30.3 Å². The molecule has 0 unspecified atom stereocenters. The Bertz CT molecular complexity index is 648. The Morgan fingerprint density at radius 1 is 1.18 bits per heavy atom. The van der Waals surface area contributed by atoms with Crippen LogP contribution in [0.25, 0.3) is 11.1 Å². The first kappa shape index (κ1) is 16.4. The van der Waals surface area contributed by atoms with Crippen molar-refractivity contribution in [3.8, 4) is 16.9 Å². The highest BCUT2D eigenvalue weighted by molar-refractivity contribution is 7.15. The van der Waals surface area contributed by atoms with Gasteiger partial charge in [0.15, 0.2) is 0 Å². The van der Waals surface area contributed by atoms with Crippen molar-refractivity contribution >= 4 is 22.2 Å².